The van der Waals surface area contributed by atoms with E-state index in [1.807, 2.05) is 24.4 Å². The van der Waals surface area contributed by atoms with Crippen molar-refractivity contribution in [3.63, 3.8) is 0 Å². The van der Waals surface area contributed by atoms with E-state index in [-0.39, 0.29) is 6.61 Å². The van der Waals surface area contributed by atoms with E-state index in [1.165, 1.54) is 0 Å². The molecule has 0 N–H and O–H groups in total. The van der Waals surface area contributed by atoms with Gasteiger partial charge in [-0.05, 0) is 30.3 Å². The van der Waals surface area contributed by atoms with E-state index < -0.39 is 0 Å². The van der Waals surface area contributed by atoms with Crippen LogP contribution < -0.4 is 0 Å². The van der Waals surface area contributed by atoms with Crippen molar-refractivity contribution >= 4 is 29.4 Å². The van der Waals surface area contributed by atoms with Crippen molar-refractivity contribution in [1.82, 2.24) is 14.8 Å². The molecule has 0 aliphatic carbocycles. The van der Waals surface area contributed by atoms with E-state index in [1.54, 1.807) is 41.5 Å². The Hall–Kier alpha value is -2.37. The predicted molar refractivity (Wildman–Crippen MR) is 90.2 cm³/mol. The van der Waals surface area contributed by atoms with Crippen molar-refractivity contribution in [1.29, 1.82) is 0 Å². The van der Waals surface area contributed by atoms with Gasteiger partial charge in [0.15, 0.2) is 5.82 Å². The molecule has 0 radical (unpaired) electrons. The zero-order chi connectivity index (χ0) is 16.1. The topological polar surface area (TPSA) is 52.3 Å². The quantitative estimate of drug-likeness (QED) is 0.515. The molecule has 3 aromatic rings. The van der Waals surface area contributed by atoms with E-state index in [9.17, 15) is 0 Å². The number of aromatic nitrogens is 3. The fraction of sp³-hybridized carbons (Fsp3) is 0.0625. The standard InChI is InChI=1S/C16H12Cl2N4O/c17-14-3-1-4-15(18)13(14)11-23-21-10-12-5-6-16(19-9-12)22-8-2-7-20-22/h1-10H,11H2/b21-10+. The highest BCUT2D eigenvalue weighted by Crippen LogP contribution is 2.24. The van der Waals surface area contributed by atoms with Crippen LogP contribution in [-0.4, -0.2) is 21.0 Å². The lowest BCUT2D eigenvalue weighted by Gasteiger charge is -2.04. The largest absolute Gasteiger partial charge is 0.391 e. The van der Waals surface area contributed by atoms with E-state index in [4.69, 9.17) is 28.0 Å². The van der Waals surface area contributed by atoms with Crippen molar-refractivity contribution in [2.24, 2.45) is 5.16 Å². The summed E-state index contributed by atoms with van der Waals surface area (Å²) in [4.78, 5) is 9.54. The van der Waals surface area contributed by atoms with Crippen LogP contribution in [0.1, 0.15) is 11.1 Å². The lowest BCUT2D eigenvalue weighted by molar-refractivity contribution is 0.132. The molecule has 0 fully saturated rings. The summed E-state index contributed by atoms with van der Waals surface area (Å²) in [6, 6.07) is 10.9. The van der Waals surface area contributed by atoms with Gasteiger partial charge in [0.2, 0.25) is 0 Å². The first-order valence-electron chi connectivity index (χ1n) is 6.78. The molecule has 23 heavy (non-hydrogen) atoms. The lowest BCUT2D eigenvalue weighted by Crippen LogP contribution is -1.98. The van der Waals surface area contributed by atoms with E-state index >= 15 is 0 Å². The Kier molecular flexibility index (Phi) is 4.90. The second-order valence-corrected chi connectivity index (χ2v) is 5.42. The number of pyridine rings is 1. The molecular weight excluding hydrogens is 335 g/mol. The minimum Gasteiger partial charge on any atom is -0.391 e. The van der Waals surface area contributed by atoms with Crippen LogP contribution in [0.2, 0.25) is 10.0 Å². The Labute approximate surface area is 143 Å². The Morgan fingerprint density at radius 1 is 1.13 bits per heavy atom. The molecule has 2 heterocycles. The average molecular weight is 347 g/mol. The van der Waals surface area contributed by atoms with Gasteiger partial charge in [0.05, 0.1) is 6.21 Å². The summed E-state index contributed by atoms with van der Waals surface area (Å²) in [5.41, 5.74) is 1.52. The van der Waals surface area contributed by atoms with Crippen LogP contribution in [0, 0.1) is 0 Å². The Balaban J connectivity index is 1.60. The van der Waals surface area contributed by atoms with E-state index in [0.717, 1.165) is 11.4 Å². The molecule has 0 atom stereocenters. The fourth-order valence-corrected chi connectivity index (χ4v) is 2.39. The normalized spacial score (nSPS) is 11.0. The third-order valence-corrected chi connectivity index (χ3v) is 3.76. The second-order valence-electron chi connectivity index (χ2n) is 4.61. The molecule has 1 aromatic carbocycles. The molecule has 0 amide bonds. The third-order valence-electron chi connectivity index (χ3n) is 3.06. The van der Waals surface area contributed by atoms with Crippen LogP contribution in [0.25, 0.3) is 5.82 Å². The van der Waals surface area contributed by atoms with E-state index in [0.29, 0.717) is 15.6 Å². The second kappa shape index (κ2) is 7.26. The van der Waals surface area contributed by atoms with Crippen LogP contribution in [-0.2, 0) is 11.4 Å². The van der Waals surface area contributed by atoms with Gasteiger partial charge in [-0.3, -0.25) is 0 Å². The van der Waals surface area contributed by atoms with Crippen molar-refractivity contribution in [2.45, 2.75) is 6.61 Å². The molecule has 0 saturated carbocycles. The smallest absolute Gasteiger partial charge is 0.153 e. The van der Waals surface area contributed by atoms with Crippen LogP contribution >= 0.6 is 23.2 Å². The Morgan fingerprint density at radius 2 is 1.96 bits per heavy atom. The number of oxime groups is 1. The molecule has 116 valence electrons. The van der Waals surface area contributed by atoms with Gasteiger partial charge in [-0.25, -0.2) is 9.67 Å². The third kappa shape index (κ3) is 3.88. The molecule has 0 saturated heterocycles. The number of hydrogen-bond donors (Lipinski definition) is 0. The SMILES string of the molecule is Clc1cccc(Cl)c1CO/N=C/c1ccc(-n2cccn2)nc1. The van der Waals surface area contributed by atoms with Crippen molar-refractivity contribution in [3.8, 4) is 5.82 Å². The summed E-state index contributed by atoms with van der Waals surface area (Å²) in [7, 11) is 0. The van der Waals surface area contributed by atoms with Crippen molar-refractivity contribution in [2.75, 3.05) is 0 Å². The van der Waals surface area contributed by atoms with Gasteiger partial charge in [0.1, 0.15) is 6.61 Å². The number of rotatable bonds is 5. The van der Waals surface area contributed by atoms with Crippen LogP contribution in [0.5, 0.6) is 0 Å². The van der Waals surface area contributed by atoms with Crippen LogP contribution in [0.4, 0.5) is 0 Å². The number of halogens is 2. The van der Waals surface area contributed by atoms with Gasteiger partial charge < -0.3 is 4.84 Å². The van der Waals surface area contributed by atoms with Crippen LogP contribution in [0.3, 0.4) is 0 Å². The van der Waals surface area contributed by atoms with Gasteiger partial charge in [-0.15, -0.1) is 0 Å². The average Bonchev–Trinajstić information content (AvgIpc) is 3.09. The molecular formula is C16H12Cl2N4O. The summed E-state index contributed by atoms with van der Waals surface area (Å²) in [6.07, 6.45) is 6.79. The maximum atomic E-state index is 6.06. The van der Waals surface area contributed by atoms with Gasteiger partial charge in [-0.1, -0.05) is 34.4 Å². The van der Waals surface area contributed by atoms with Gasteiger partial charge in [0.25, 0.3) is 0 Å². The minimum atomic E-state index is 0.202. The highest BCUT2D eigenvalue weighted by molar-refractivity contribution is 6.35. The number of hydrogen-bond acceptors (Lipinski definition) is 4. The molecule has 7 heteroatoms. The van der Waals surface area contributed by atoms with Crippen molar-refractivity contribution in [3.05, 3.63) is 76.2 Å². The van der Waals surface area contributed by atoms with Gasteiger partial charge >= 0.3 is 0 Å². The summed E-state index contributed by atoms with van der Waals surface area (Å²) >= 11 is 12.1. The molecule has 5 nitrogen and oxygen atoms in total. The number of nitrogens with zero attached hydrogens (tertiary/aromatic N) is 4. The first kappa shape index (κ1) is 15.5. The summed E-state index contributed by atoms with van der Waals surface area (Å²) in [5, 5.41) is 9.13. The predicted octanol–water partition coefficient (Wildman–Crippen LogP) is 4.12. The first-order chi connectivity index (χ1) is 11.2. The van der Waals surface area contributed by atoms with Gasteiger partial charge in [-0.2, -0.15) is 5.10 Å². The molecule has 3 rings (SSSR count). The van der Waals surface area contributed by atoms with Gasteiger partial charge in [0, 0.05) is 39.8 Å². The Morgan fingerprint density at radius 3 is 2.61 bits per heavy atom. The molecule has 0 bridgehead atoms. The highest BCUT2D eigenvalue weighted by Gasteiger charge is 2.05. The highest BCUT2D eigenvalue weighted by atomic mass is 35.5. The molecule has 0 spiro atoms. The maximum absolute atomic E-state index is 6.06. The van der Waals surface area contributed by atoms with Crippen molar-refractivity contribution < 1.29 is 4.84 Å². The first-order valence-corrected chi connectivity index (χ1v) is 7.54. The number of benzene rings is 1. The zero-order valence-corrected chi connectivity index (χ0v) is 13.4. The van der Waals surface area contributed by atoms with E-state index in [2.05, 4.69) is 15.2 Å². The molecule has 0 aliphatic heterocycles. The molecule has 2 aromatic heterocycles. The summed E-state index contributed by atoms with van der Waals surface area (Å²) < 4.78 is 1.68. The minimum absolute atomic E-state index is 0.202. The monoisotopic (exact) mass is 346 g/mol. The van der Waals surface area contributed by atoms with Crippen LogP contribution in [0.15, 0.2) is 60.1 Å². The fourth-order valence-electron chi connectivity index (χ4n) is 1.88. The lowest BCUT2D eigenvalue weighted by atomic mass is 10.2. The molecule has 0 unspecified atom stereocenters. The summed E-state index contributed by atoms with van der Waals surface area (Å²) in [6.45, 7) is 0.202. The maximum Gasteiger partial charge on any atom is 0.153 e. The zero-order valence-electron chi connectivity index (χ0n) is 11.9. The summed E-state index contributed by atoms with van der Waals surface area (Å²) in [5.74, 6) is 0.732. The molecule has 0 aliphatic rings. The Bertz CT molecular complexity index is 781.